The molecule has 6 atom stereocenters. The lowest BCUT2D eigenvalue weighted by atomic mass is 9.45. The molecule has 0 aromatic carbocycles. The van der Waals surface area contributed by atoms with Crippen LogP contribution in [-0.4, -0.2) is 12.6 Å². The Hall–Kier alpha value is -0.530. The van der Waals surface area contributed by atoms with Crippen LogP contribution in [0, 0.1) is 34.5 Å². The summed E-state index contributed by atoms with van der Waals surface area (Å²) in [7, 11) is 0. The fourth-order valence-corrected chi connectivity index (χ4v) is 7.59. The minimum atomic E-state index is -0.0879. The topological polar surface area (TPSA) is 26.3 Å². The van der Waals surface area contributed by atoms with Crippen molar-refractivity contribution in [1.82, 2.24) is 0 Å². The zero-order valence-electron chi connectivity index (χ0n) is 15.1. The van der Waals surface area contributed by atoms with Gasteiger partial charge in [0.25, 0.3) is 0 Å². The van der Waals surface area contributed by atoms with Crippen LogP contribution in [0.2, 0.25) is 0 Å². The molecule has 0 radical (unpaired) electrons. The molecule has 4 fully saturated rings. The van der Waals surface area contributed by atoms with E-state index in [2.05, 4.69) is 6.92 Å². The van der Waals surface area contributed by atoms with E-state index in [0.29, 0.717) is 17.4 Å². The van der Waals surface area contributed by atoms with E-state index in [1.165, 1.54) is 70.6 Å². The largest absolute Gasteiger partial charge is 0.465 e. The highest BCUT2D eigenvalue weighted by atomic mass is 16.5. The van der Waals surface area contributed by atoms with Crippen LogP contribution in [0.25, 0.3) is 0 Å². The van der Waals surface area contributed by atoms with Crippen LogP contribution in [0.15, 0.2) is 0 Å². The highest BCUT2D eigenvalue weighted by molar-refractivity contribution is 5.65. The molecular formula is C21H34O2. The molecule has 4 aliphatic carbocycles. The van der Waals surface area contributed by atoms with Crippen molar-refractivity contribution in [3.8, 4) is 0 Å². The SMILES string of the molecule is CC(=O)OC[C@@]12CCC[C@H]1[C@@H]1CCC3CCCC[C@]3(C)[C@H]1CC2. The summed E-state index contributed by atoms with van der Waals surface area (Å²) in [5.41, 5.74) is 0.960. The first-order valence-electron chi connectivity index (χ1n) is 10.2. The second-order valence-corrected chi connectivity index (χ2v) is 9.48. The number of fused-ring (bicyclic) bond motifs is 5. The van der Waals surface area contributed by atoms with Crippen molar-refractivity contribution in [3.05, 3.63) is 0 Å². The van der Waals surface area contributed by atoms with Crippen molar-refractivity contribution in [2.24, 2.45) is 34.5 Å². The third-order valence-electron chi connectivity index (χ3n) is 8.67. The number of ether oxygens (including phenoxy) is 1. The van der Waals surface area contributed by atoms with Crippen molar-refractivity contribution in [2.45, 2.75) is 84.5 Å². The summed E-state index contributed by atoms with van der Waals surface area (Å²) in [6.45, 7) is 4.92. The zero-order valence-corrected chi connectivity index (χ0v) is 15.1. The Morgan fingerprint density at radius 3 is 2.65 bits per heavy atom. The predicted molar refractivity (Wildman–Crippen MR) is 91.9 cm³/mol. The standard InChI is InChI=1S/C21H34O2/c1-15(22)23-14-21-12-5-7-19(21)17-9-8-16-6-3-4-11-20(16,2)18(17)10-13-21/h16-19H,3-14H2,1-2H3/t16?,17-,18+,19+,20+,21+/m1/s1. The van der Waals surface area contributed by atoms with E-state index in [-0.39, 0.29) is 5.97 Å². The lowest BCUT2D eigenvalue weighted by Gasteiger charge is -2.60. The van der Waals surface area contributed by atoms with E-state index in [9.17, 15) is 4.79 Å². The summed E-state index contributed by atoms with van der Waals surface area (Å²) >= 11 is 0. The average molecular weight is 319 g/mol. The number of hydrogen-bond donors (Lipinski definition) is 0. The highest BCUT2D eigenvalue weighted by Gasteiger charge is 2.58. The molecule has 0 saturated heterocycles. The van der Waals surface area contributed by atoms with Crippen LogP contribution in [0.5, 0.6) is 0 Å². The number of carbonyl (C=O) groups is 1. The van der Waals surface area contributed by atoms with Gasteiger partial charge in [0.15, 0.2) is 0 Å². The van der Waals surface area contributed by atoms with Gasteiger partial charge >= 0.3 is 5.97 Å². The van der Waals surface area contributed by atoms with E-state index < -0.39 is 0 Å². The summed E-state index contributed by atoms with van der Waals surface area (Å²) < 4.78 is 5.56. The van der Waals surface area contributed by atoms with Crippen LogP contribution >= 0.6 is 0 Å². The zero-order chi connectivity index (χ0) is 16.1. The van der Waals surface area contributed by atoms with Crippen LogP contribution in [0.3, 0.4) is 0 Å². The summed E-state index contributed by atoms with van der Waals surface area (Å²) in [6.07, 6.45) is 15.6. The molecule has 1 unspecified atom stereocenters. The predicted octanol–water partition coefficient (Wildman–Crippen LogP) is 5.35. The Balaban J connectivity index is 1.57. The van der Waals surface area contributed by atoms with Crippen molar-refractivity contribution in [1.29, 1.82) is 0 Å². The lowest BCUT2D eigenvalue weighted by molar-refractivity contribution is -0.154. The Kier molecular flexibility index (Phi) is 4.01. The normalized spacial score (nSPS) is 49.0. The maximum absolute atomic E-state index is 11.4. The molecule has 4 rings (SSSR count). The Morgan fingerprint density at radius 1 is 0.957 bits per heavy atom. The van der Waals surface area contributed by atoms with E-state index in [1.54, 1.807) is 6.92 Å². The molecule has 130 valence electrons. The second kappa shape index (κ2) is 5.77. The van der Waals surface area contributed by atoms with Gasteiger partial charge in [0.2, 0.25) is 0 Å². The molecule has 4 aliphatic rings. The van der Waals surface area contributed by atoms with Gasteiger partial charge in [-0.15, -0.1) is 0 Å². The Labute approximate surface area is 141 Å². The minimum Gasteiger partial charge on any atom is -0.465 e. The first-order chi connectivity index (χ1) is 11.1. The van der Waals surface area contributed by atoms with Crippen molar-refractivity contribution in [2.75, 3.05) is 6.61 Å². The van der Waals surface area contributed by atoms with Crippen LogP contribution < -0.4 is 0 Å². The number of carbonyl (C=O) groups excluding carboxylic acids is 1. The molecule has 2 heteroatoms. The van der Waals surface area contributed by atoms with Crippen molar-refractivity contribution >= 4 is 5.97 Å². The fourth-order valence-electron chi connectivity index (χ4n) is 7.59. The minimum absolute atomic E-state index is 0.0879. The molecule has 0 heterocycles. The Bertz CT molecular complexity index is 472. The summed E-state index contributed by atoms with van der Waals surface area (Å²) in [5.74, 6) is 3.62. The first-order valence-corrected chi connectivity index (χ1v) is 10.2. The van der Waals surface area contributed by atoms with Gasteiger partial charge < -0.3 is 4.74 Å². The Morgan fingerprint density at radius 2 is 1.83 bits per heavy atom. The summed E-state index contributed by atoms with van der Waals surface area (Å²) in [6, 6.07) is 0. The van der Waals surface area contributed by atoms with E-state index in [0.717, 1.165) is 23.7 Å². The molecule has 0 spiro atoms. The molecule has 0 aliphatic heterocycles. The number of rotatable bonds is 2. The van der Waals surface area contributed by atoms with E-state index in [1.807, 2.05) is 0 Å². The van der Waals surface area contributed by atoms with Crippen molar-refractivity contribution in [3.63, 3.8) is 0 Å². The molecule has 2 nitrogen and oxygen atoms in total. The number of esters is 1. The summed E-state index contributed by atoms with van der Waals surface area (Å²) in [5, 5.41) is 0. The second-order valence-electron chi connectivity index (χ2n) is 9.48. The van der Waals surface area contributed by atoms with E-state index >= 15 is 0 Å². The molecule has 0 aromatic heterocycles. The van der Waals surface area contributed by atoms with Crippen LogP contribution in [0.1, 0.15) is 84.5 Å². The molecule has 0 N–H and O–H groups in total. The fraction of sp³-hybridized carbons (Fsp3) is 0.952. The maximum Gasteiger partial charge on any atom is 0.302 e. The smallest absolute Gasteiger partial charge is 0.302 e. The molecule has 0 bridgehead atoms. The average Bonchev–Trinajstić information content (AvgIpc) is 2.97. The van der Waals surface area contributed by atoms with Crippen molar-refractivity contribution < 1.29 is 9.53 Å². The van der Waals surface area contributed by atoms with Gasteiger partial charge in [-0.25, -0.2) is 0 Å². The quantitative estimate of drug-likeness (QED) is 0.641. The third kappa shape index (κ3) is 2.46. The van der Waals surface area contributed by atoms with Crippen LogP contribution in [0.4, 0.5) is 0 Å². The van der Waals surface area contributed by atoms with Gasteiger partial charge in [-0.3, -0.25) is 4.79 Å². The summed E-state index contributed by atoms with van der Waals surface area (Å²) in [4.78, 5) is 11.4. The molecule has 23 heavy (non-hydrogen) atoms. The van der Waals surface area contributed by atoms with Gasteiger partial charge in [0.05, 0.1) is 6.61 Å². The highest BCUT2D eigenvalue weighted by Crippen LogP contribution is 2.66. The molecular weight excluding hydrogens is 284 g/mol. The first kappa shape index (κ1) is 16.0. The van der Waals surface area contributed by atoms with Gasteiger partial charge in [0, 0.05) is 12.3 Å². The maximum atomic E-state index is 11.4. The van der Waals surface area contributed by atoms with Gasteiger partial charge in [0.1, 0.15) is 0 Å². The van der Waals surface area contributed by atoms with E-state index in [4.69, 9.17) is 4.74 Å². The molecule has 0 amide bonds. The third-order valence-corrected chi connectivity index (χ3v) is 8.67. The molecule has 0 aromatic rings. The number of hydrogen-bond acceptors (Lipinski definition) is 2. The lowest BCUT2D eigenvalue weighted by Crippen LogP contribution is -2.53. The molecule has 4 saturated carbocycles. The van der Waals surface area contributed by atoms with Gasteiger partial charge in [-0.05, 0) is 80.5 Å². The monoisotopic (exact) mass is 318 g/mol. The van der Waals surface area contributed by atoms with Gasteiger partial charge in [-0.1, -0.05) is 26.2 Å². The van der Waals surface area contributed by atoms with Gasteiger partial charge in [-0.2, -0.15) is 0 Å². The van der Waals surface area contributed by atoms with Crippen LogP contribution in [-0.2, 0) is 9.53 Å².